The molecule has 1 saturated heterocycles. The summed E-state index contributed by atoms with van der Waals surface area (Å²) < 4.78 is 0. The molecular weight excluding hydrogens is 298 g/mol. The van der Waals surface area contributed by atoms with Crippen LogP contribution in [-0.2, 0) is 6.54 Å². The molecule has 1 aromatic carbocycles. The molecule has 1 aromatic heterocycles. The Kier molecular flexibility index (Phi) is 5.30. The Morgan fingerprint density at radius 3 is 2.92 bits per heavy atom. The number of aryl methyl sites for hydroxylation is 1. The summed E-state index contributed by atoms with van der Waals surface area (Å²) in [6.07, 6.45) is 4.03. The highest BCUT2D eigenvalue weighted by atomic mass is 15.2. The van der Waals surface area contributed by atoms with Gasteiger partial charge in [0.2, 0.25) is 0 Å². The Bertz CT molecular complexity index is 670. The van der Waals surface area contributed by atoms with Crippen LogP contribution in [0.2, 0.25) is 0 Å². The average Bonchev–Trinajstić information content (AvgIpc) is 2.55. The Morgan fingerprint density at radius 1 is 1.25 bits per heavy atom. The van der Waals surface area contributed by atoms with E-state index in [2.05, 4.69) is 51.4 Å². The maximum absolute atomic E-state index is 4.37. The molecule has 0 radical (unpaired) electrons. The van der Waals surface area contributed by atoms with E-state index in [4.69, 9.17) is 0 Å². The van der Waals surface area contributed by atoms with E-state index in [0.717, 1.165) is 24.7 Å². The molecule has 0 amide bonds. The standard InChI is InChI=1S/C19H27N5/c1-15-6-4-7-16(10-15)12-24-9-5-8-17(13-24)22-18-11-19(23(2)3)21-14-20-18/h4,6-7,10-11,14,17H,5,8-9,12-13H2,1-3H3,(H,20,21,22). The summed E-state index contributed by atoms with van der Waals surface area (Å²) in [5.41, 5.74) is 2.73. The van der Waals surface area contributed by atoms with Crippen LogP contribution in [-0.4, -0.2) is 48.1 Å². The van der Waals surface area contributed by atoms with Crippen molar-refractivity contribution in [1.29, 1.82) is 0 Å². The Hall–Kier alpha value is -2.14. The molecule has 1 aliphatic rings. The minimum atomic E-state index is 0.438. The molecule has 1 aliphatic heterocycles. The number of hydrogen-bond acceptors (Lipinski definition) is 5. The van der Waals surface area contributed by atoms with Gasteiger partial charge in [-0.25, -0.2) is 9.97 Å². The lowest BCUT2D eigenvalue weighted by atomic mass is 10.0. The van der Waals surface area contributed by atoms with Gasteiger partial charge in [-0.2, -0.15) is 0 Å². The van der Waals surface area contributed by atoms with Crippen molar-refractivity contribution >= 4 is 11.6 Å². The summed E-state index contributed by atoms with van der Waals surface area (Å²) in [5.74, 6) is 1.84. The van der Waals surface area contributed by atoms with Gasteiger partial charge in [0.25, 0.3) is 0 Å². The van der Waals surface area contributed by atoms with Gasteiger partial charge in [-0.1, -0.05) is 29.8 Å². The molecule has 1 N–H and O–H groups in total. The van der Waals surface area contributed by atoms with Crippen LogP contribution in [0.25, 0.3) is 0 Å². The lowest BCUT2D eigenvalue weighted by Gasteiger charge is -2.33. The first kappa shape index (κ1) is 16.7. The van der Waals surface area contributed by atoms with Gasteiger partial charge >= 0.3 is 0 Å². The normalized spacial score (nSPS) is 18.4. The predicted octanol–water partition coefficient (Wildman–Crippen LogP) is 2.93. The van der Waals surface area contributed by atoms with Crippen molar-refractivity contribution in [3.05, 3.63) is 47.8 Å². The number of hydrogen-bond donors (Lipinski definition) is 1. The number of aromatic nitrogens is 2. The number of rotatable bonds is 5. The number of anilines is 2. The van der Waals surface area contributed by atoms with Crippen molar-refractivity contribution in [3.63, 3.8) is 0 Å². The van der Waals surface area contributed by atoms with Crippen molar-refractivity contribution in [2.24, 2.45) is 0 Å². The van der Waals surface area contributed by atoms with Crippen molar-refractivity contribution in [3.8, 4) is 0 Å². The summed E-state index contributed by atoms with van der Waals surface area (Å²) in [7, 11) is 3.99. The van der Waals surface area contributed by atoms with Gasteiger partial charge < -0.3 is 10.2 Å². The van der Waals surface area contributed by atoms with Gasteiger partial charge in [0.05, 0.1) is 0 Å². The molecule has 1 fully saturated rings. The molecule has 0 aliphatic carbocycles. The topological polar surface area (TPSA) is 44.3 Å². The Balaban J connectivity index is 1.60. The summed E-state index contributed by atoms with van der Waals surface area (Å²) in [6, 6.07) is 11.3. The van der Waals surface area contributed by atoms with E-state index in [0.29, 0.717) is 6.04 Å². The first-order valence-corrected chi connectivity index (χ1v) is 8.64. The van der Waals surface area contributed by atoms with Crippen molar-refractivity contribution in [1.82, 2.24) is 14.9 Å². The fourth-order valence-corrected chi connectivity index (χ4v) is 3.27. The molecule has 0 spiro atoms. The highest BCUT2D eigenvalue weighted by Gasteiger charge is 2.20. The Morgan fingerprint density at radius 2 is 2.12 bits per heavy atom. The fraction of sp³-hybridized carbons (Fsp3) is 0.474. The van der Waals surface area contributed by atoms with E-state index in [1.807, 2.05) is 25.1 Å². The van der Waals surface area contributed by atoms with Crippen molar-refractivity contribution in [2.45, 2.75) is 32.4 Å². The van der Waals surface area contributed by atoms with Gasteiger partial charge in [-0.3, -0.25) is 4.90 Å². The zero-order chi connectivity index (χ0) is 16.9. The summed E-state index contributed by atoms with van der Waals surface area (Å²) in [6.45, 7) is 5.39. The number of likely N-dealkylation sites (tertiary alicyclic amines) is 1. The number of piperidine rings is 1. The first-order chi connectivity index (χ1) is 11.6. The summed E-state index contributed by atoms with van der Waals surface area (Å²) in [5, 5.41) is 3.58. The number of nitrogens with zero attached hydrogens (tertiary/aromatic N) is 4. The summed E-state index contributed by atoms with van der Waals surface area (Å²) >= 11 is 0. The molecule has 5 nitrogen and oxygen atoms in total. The fourth-order valence-electron chi connectivity index (χ4n) is 3.27. The van der Waals surface area contributed by atoms with Crippen LogP contribution in [0.15, 0.2) is 36.7 Å². The largest absolute Gasteiger partial charge is 0.366 e. The monoisotopic (exact) mass is 325 g/mol. The molecule has 128 valence electrons. The van der Waals surface area contributed by atoms with Crippen LogP contribution in [0.1, 0.15) is 24.0 Å². The van der Waals surface area contributed by atoms with Crippen molar-refractivity contribution < 1.29 is 0 Å². The first-order valence-electron chi connectivity index (χ1n) is 8.64. The van der Waals surface area contributed by atoms with Crippen LogP contribution in [0, 0.1) is 6.92 Å². The second kappa shape index (κ2) is 7.62. The molecule has 0 saturated carbocycles. The van der Waals surface area contributed by atoms with Gasteiger partial charge in [0.1, 0.15) is 18.0 Å². The third-order valence-corrected chi connectivity index (χ3v) is 4.46. The van der Waals surface area contributed by atoms with Gasteiger partial charge in [-0.15, -0.1) is 0 Å². The number of benzene rings is 1. The SMILES string of the molecule is Cc1cccc(CN2CCCC(Nc3cc(N(C)C)ncn3)C2)c1. The second-order valence-electron chi connectivity index (χ2n) is 6.86. The van der Waals surface area contributed by atoms with Crippen molar-refractivity contribution in [2.75, 3.05) is 37.4 Å². The quantitative estimate of drug-likeness (QED) is 0.916. The van der Waals surface area contributed by atoms with Gasteiger partial charge in [0.15, 0.2) is 0 Å². The number of nitrogens with one attached hydrogen (secondary N) is 1. The molecule has 24 heavy (non-hydrogen) atoms. The average molecular weight is 325 g/mol. The van der Waals surface area contributed by atoms with Crippen LogP contribution < -0.4 is 10.2 Å². The van der Waals surface area contributed by atoms with E-state index in [-0.39, 0.29) is 0 Å². The van der Waals surface area contributed by atoms with Crippen LogP contribution >= 0.6 is 0 Å². The smallest absolute Gasteiger partial charge is 0.133 e. The lowest BCUT2D eigenvalue weighted by molar-refractivity contribution is 0.208. The van der Waals surface area contributed by atoms with Crippen LogP contribution in [0.4, 0.5) is 11.6 Å². The third-order valence-electron chi connectivity index (χ3n) is 4.46. The maximum Gasteiger partial charge on any atom is 0.133 e. The lowest BCUT2D eigenvalue weighted by Crippen LogP contribution is -2.41. The zero-order valence-corrected chi connectivity index (χ0v) is 14.9. The highest BCUT2D eigenvalue weighted by molar-refractivity contribution is 5.47. The van der Waals surface area contributed by atoms with Crippen LogP contribution in [0.5, 0.6) is 0 Å². The highest BCUT2D eigenvalue weighted by Crippen LogP contribution is 2.19. The minimum Gasteiger partial charge on any atom is -0.366 e. The van der Waals surface area contributed by atoms with E-state index < -0.39 is 0 Å². The van der Waals surface area contributed by atoms with E-state index in [9.17, 15) is 0 Å². The second-order valence-corrected chi connectivity index (χ2v) is 6.86. The third kappa shape index (κ3) is 4.45. The summed E-state index contributed by atoms with van der Waals surface area (Å²) in [4.78, 5) is 13.2. The molecule has 2 heterocycles. The molecule has 0 bridgehead atoms. The van der Waals surface area contributed by atoms with E-state index in [1.54, 1.807) is 6.33 Å². The van der Waals surface area contributed by atoms with Gasteiger partial charge in [-0.05, 0) is 31.9 Å². The van der Waals surface area contributed by atoms with Gasteiger partial charge in [0, 0.05) is 39.3 Å². The maximum atomic E-state index is 4.37. The Labute approximate surface area is 144 Å². The minimum absolute atomic E-state index is 0.438. The molecule has 1 atom stereocenters. The molecule has 1 unspecified atom stereocenters. The van der Waals surface area contributed by atoms with E-state index in [1.165, 1.54) is 30.5 Å². The van der Waals surface area contributed by atoms with Crippen LogP contribution in [0.3, 0.4) is 0 Å². The predicted molar refractivity (Wildman–Crippen MR) is 99.5 cm³/mol. The molecule has 3 rings (SSSR count). The zero-order valence-electron chi connectivity index (χ0n) is 14.9. The molecule has 5 heteroatoms. The van der Waals surface area contributed by atoms with E-state index >= 15 is 0 Å². The molecule has 2 aromatic rings. The molecular formula is C19H27N5.